The monoisotopic (exact) mass is 316 g/mol. The van der Waals surface area contributed by atoms with Gasteiger partial charge in [0.2, 0.25) is 0 Å². The van der Waals surface area contributed by atoms with E-state index in [1.165, 1.54) is 0 Å². The Labute approximate surface area is 136 Å². The molecule has 2 rings (SSSR count). The van der Waals surface area contributed by atoms with E-state index in [0.717, 1.165) is 34.0 Å². The van der Waals surface area contributed by atoms with E-state index in [0.29, 0.717) is 0 Å². The van der Waals surface area contributed by atoms with Gasteiger partial charge >= 0.3 is 6.03 Å². The van der Waals surface area contributed by atoms with E-state index in [1.54, 1.807) is 7.11 Å². The van der Waals surface area contributed by atoms with E-state index in [2.05, 4.69) is 15.7 Å². The lowest BCUT2D eigenvalue weighted by Gasteiger charge is -2.16. The minimum absolute atomic E-state index is 0.122. The van der Waals surface area contributed by atoms with Gasteiger partial charge in [0.1, 0.15) is 5.75 Å². The summed E-state index contributed by atoms with van der Waals surface area (Å²) in [5, 5.41) is 10.2. The first-order valence-corrected chi connectivity index (χ1v) is 7.55. The van der Waals surface area contributed by atoms with Crippen LogP contribution in [0.25, 0.3) is 0 Å². The van der Waals surface area contributed by atoms with Gasteiger partial charge < -0.3 is 15.4 Å². The Hall–Kier alpha value is -2.50. The molecule has 0 saturated carbocycles. The van der Waals surface area contributed by atoms with Crippen LogP contribution in [0.15, 0.2) is 18.2 Å². The zero-order chi connectivity index (χ0) is 17.1. The molecule has 1 aromatic carbocycles. The Bertz CT molecular complexity index is 722. The number of aromatic nitrogens is 2. The average molecular weight is 316 g/mol. The number of hydrogen-bond acceptors (Lipinski definition) is 3. The molecule has 6 nitrogen and oxygen atoms in total. The highest BCUT2D eigenvalue weighted by Gasteiger charge is 2.18. The summed E-state index contributed by atoms with van der Waals surface area (Å²) in [6, 6.07) is 5.16. The van der Waals surface area contributed by atoms with E-state index in [9.17, 15) is 4.79 Å². The van der Waals surface area contributed by atoms with Gasteiger partial charge in [0, 0.05) is 24.0 Å². The standard InChI is InChI=1S/C17H24N4O2/c1-10-9-14(7-8-15(10)23-6)19-17(22)18-11(2)16-12(3)20-21(5)13(16)4/h7-9,11H,1-6H3,(H2,18,19,22). The molecule has 0 aliphatic heterocycles. The highest BCUT2D eigenvalue weighted by molar-refractivity contribution is 5.89. The van der Waals surface area contributed by atoms with Crippen molar-refractivity contribution in [3.05, 3.63) is 40.7 Å². The molecule has 0 radical (unpaired) electrons. The van der Waals surface area contributed by atoms with Gasteiger partial charge in [0.15, 0.2) is 0 Å². The van der Waals surface area contributed by atoms with E-state index in [1.807, 2.05) is 57.6 Å². The van der Waals surface area contributed by atoms with Crippen molar-refractivity contribution in [2.24, 2.45) is 7.05 Å². The van der Waals surface area contributed by atoms with Crippen LogP contribution in [0.2, 0.25) is 0 Å². The maximum atomic E-state index is 12.2. The average Bonchev–Trinajstić information content (AvgIpc) is 2.72. The minimum atomic E-state index is -0.246. The number of carbonyl (C=O) groups is 1. The fourth-order valence-corrected chi connectivity index (χ4v) is 2.81. The fraction of sp³-hybridized carbons (Fsp3) is 0.412. The molecule has 1 aromatic heterocycles. The highest BCUT2D eigenvalue weighted by Crippen LogP contribution is 2.23. The van der Waals surface area contributed by atoms with Crippen molar-refractivity contribution in [3.8, 4) is 5.75 Å². The predicted molar refractivity (Wildman–Crippen MR) is 91.0 cm³/mol. The van der Waals surface area contributed by atoms with Crippen LogP contribution in [0.4, 0.5) is 10.5 Å². The Morgan fingerprint density at radius 2 is 2.00 bits per heavy atom. The number of carbonyl (C=O) groups excluding carboxylic acids is 1. The lowest BCUT2D eigenvalue weighted by Crippen LogP contribution is -2.31. The second-order valence-corrected chi connectivity index (χ2v) is 5.71. The van der Waals surface area contributed by atoms with Crippen LogP contribution >= 0.6 is 0 Å². The van der Waals surface area contributed by atoms with Crippen molar-refractivity contribution in [1.29, 1.82) is 0 Å². The van der Waals surface area contributed by atoms with Crippen molar-refractivity contribution < 1.29 is 9.53 Å². The SMILES string of the molecule is COc1ccc(NC(=O)NC(C)c2c(C)nn(C)c2C)cc1C. The highest BCUT2D eigenvalue weighted by atomic mass is 16.5. The second kappa shape index (κ2) is 6.73. The summed E-state index contributed by atoms with van der Waals surface area (Å²) in [4.78, 5) is 12.2. The summed E-state index contributed by atoms with van der Waals surface area (Å²) in [6.07, 6.45) is 0. The first-order valence-electron chi connectivity index (χ1n) is 7.55. The summed E-state index contributed by atoms with van der Waals surface area (Å²) in [7, 11) is 3.53. The van der Waals surface area contributed by atoms with Gasteiger partial charge in [0.05, 0.1) is 18.8 Å². The topological polar surface area (TPSA) is 68.2 Å². The summed E-state index contributed by atoms with van der Waals surface area (Å²) >= 11 is 0. The molecule has 6 heteroatoms. The summed E-state index contributed by atoms with van der Waals surface area (Å²) < 4.78 is 7.05. The molecule has 0 aliphatic rings. The van der Waals surface area contributed by atoms with Crippen molar-refractivity contribution in [2.45, 2.75) is 33.7 Å². The molecule has 0 fully saturated rings. The number of nitrogens with one attached hydrogen (secondary N) is 2. The largest absolute Gasteiger partial charge is 0.496 e. The van der Waals surface area contributed by atoms with Crippen molar-refractivity contribution in [3.63, 3.8) is 0 Å². The molecule has 0 aliphatic carbocycles. The van der Waals surface area contributed by atoms with Gasteiger partial charge in [-0.2, -0.15) is 5.10 Å². The van der Waals surface area contributed by atoms with Crippen molar-refractivity contribution >= 4 is 11.7 Å². The van der Waals surface area contributed by atoms with Crippen LogP contribution in [-0.4, -0.2) is 22.9 Å². The smallest absolute Gasteiger partial charge is 0.319 e. The van der Waals surface area contributed by atoms with Crippen LogP contribution in [0, 0.1) is 20.8 Å². The Kier molecular flexibility index (Phi) is 4.93. The van der Waals surface area contributed by atoms with E-state index in [4.69, 9.17) is 4.74 Å². The van der Waals surface area contributed by atoms with Crippen LogP contribution in [-0.2, 0) is 7.05 Å². The number of nitrogens with zero attached hydrogens (tertiary/aromatic N) is 2. The van der Waals surface area contributed by atoms with Gasteiger partial charge in [-0.3, -0.25) is 4.68 Å². The molecule has 2 N–H and O–H groups in total. The number of ether oxygens (including phenoxy) is 1. The molecule has 1 heterocycles. The van der Waals surface area contributed by atoms with Gasteiger partial charge in [-0.05, 0) is 51.5 Å². The zero-order valence-electron chi connectivity index (χ0n) is 14.5. The van der Waals surface area contributed by atoms with E-state index < -0.39 is 0 Å². The van der Waals surface area contributed by atoms with E-state index >= 15 is 0 Å². The summed E-state index contributed by atoms with van der Waals surface area (Å²) in [5.41, 5.74) is 4.73. The third-order valence-electron chi connectivity index (χ3n) is 4.00. The predicted octanol–water partition coefficient (Wildman–Crippen LogP) is 3.24. The first kappa shape index (κ1) is 16.9. The number of rotatable bonds is 4. The van der Waals surface area contributed by atoms with Crippen molar-refractivity contribution in [1.82, 2.24) is 15.1 Å². The van der Waals surface area contributed by atoms with Crippen LogP contribution in [0.5, 0.6) is 5.75 Å². The maximum absolute atomic E-state index is 12.2. The van der Waals surface area contributed by atoms with Crippen LogP contribution in [0.1, 0.15) is 35.5 Å². The number of urea groups is 1. The van der Waals surface area contributed by atoms with Crippen molar-refractivity contribution in [2.75, 3.05) is 12.4 Å². The minimum Gasteiger partial charge on any atom is -0.496 e. The normalized spacial score (nSPS) is 11.9. The van der Waals surface area contributed by atoms with E-state index in [-0.39, 0.29) is 12.1 Å². The summed E-state index contributed by atoms with van der Waals surface area (Å²) in [5.74, 6) is 0.797. The molecular formula is C17H24N4O2. The maximum Gasteiger partial charge on any atom is 0.319 e. The molecule has 1 atom stereocenters. The fourth-order valence-electron chi connectivity index (χ4n) is 2.81. The number of amides is 2. The molecule has 0 bridgehead atoms. The van der Waals surface area contributed by atoms with Gasteiger partial charge in [-0.25, -0.2) is 4.79 Å². The molecule has 0 spiro atoms. The third-order valence-corrected chi connectivity index (χ3v) is 4.00. The number of aryl methyl sites for hydroxylation is 3. The zero-order valence-corrected chi connectivity index (χ0v) is 14.5. The lowest BCUT2D eigenvalue weighted by molar-refractivity contribution is 0.249. The number of hydrogen-bond donors (Lipinski definition) is 2. The molecular weight excluding hydrogens is 292 g/mol. The first-order chi connectivity index (χ1) is 10.8. The second-order valence-electron chi connectivity index (χ2n) is 5.71. The molecule has 1 unspecified atom stereocenters. The number of anilines is 1. The number of benzene rings is 1. The summed E-state index contributed by atoms with van der Waals surface area (Å²) in [6.45, 7) is 7.84. The van der Waals surface area contributed by atoms with Crippen LogP contribution < -0.4 is 15.4 Å². The quantitative estimate of drug-likeness (QED) is 0.910. The number of methoxy groups -OCH3 is 1. The lowest BCUT2D eigenvalue weighted by atomic mass is 10.1. The Balaban J connectivity index is 2.06. The molecule has 2 amide bonds. The van der Waals surface area contributed by atoms with Crippen LogP contribution in [0.3, 0.4) is 0 Å². The molecule has 124 valence electrons. The Morgan fingerprint density at radius 3 is 2.52 bits per heavy atom. The van der Waals surface area contributed by atoms with Gasteiger partial charge in [0.25, 0.3) is 0 Å². The molecule has 2 aromatic rings. The molecule has 23 heavy (non-hydrogen) atoms. The Morgan fingerprint density at radius 1 is 1.30 bits per heavy atom. The van der Waals surface area contributed by atoms with Gasteiger partial charge in [-0.1, -0.05) is 0 Å². The van der Waals surface area contributed by atoms with Gasteiger partial charge in [-0.15, -0.1) is 0 Å². The third kappa shape index (κ3) is 3.64. The molecule has 0 saturated heterocycles.